The zero-order valence-electron chi connectivity index (χ0n) is 22.7. The van der Waals surface area contributed by atoms with Crippen molar-refractivity contribution in [3.05, 3.63) is 54.1 Å². The van der Waals surface area contributed by atoms with E-state index in [4.69, 9.17) is 14.2 Å². The molecule has 0 saturated heterocycles. The largest absolute Gasteiger partial charge is 0.481 e. The Labute approximate surface area is 214 Å². The highest BCUT2D eigenvalue weighted by Gasteiger charge is 2.30. The molecule has 0 amide bonds. The highest BCUT2D eigenvalue weighted by atomic mass is 16.5. The molecule has 0 fully saturated rings. The van der Waals surface area contributed by atoms with Gasteiger partial charge in [0, 0.05) is 41.7 Å². The molecule has 0 spiro atoms. The quantitative estimate of drug-likeness (QED) is 0.349. The zero-order valence-corrected chi connectivity index (χ0v) is 22.7. The molecule has 0 aliphatic heterocycles. The summed E-state index contributed by atoms with van der Waals surface area (Å²) in [6.07, 6.45) is 11.2. The summed E-state index contributed by atoms with van der Waals surface area (Å²) < 4.78 is 16.5. The van der Waals surface area contributed by atoms with E-state index in [1.54, 1.807) is 32.9 Å². The topological polar surface area (TPSA) is 105 Å². The van der Waals surface area contributed by atoms with Gasteiger partial charge in [0.15, 0.2) is 0 Å². The Morgan fingerprint density at radius 1 is 0.694 bits per heavy atom. The van der Waals surface area contributed by atoms with Gasteiger partial charge >= 0.3 is 6.01 Å². The van der Waals surface area contributed by atoms with E-state index in [0.29, 0.717) is 30.8 Å². The number of hydrogen-bond acceptors (Lipinski definition) is 9. The van der Waals surface area contributed by atoms with Gasteiger partial charge in [-0.05, 0) is 30.2 Å². The smallest absolute Gasteiger partial charge is 0.316 e. The van der Waals surface area contributed by atoms with Gasteiger partial charge in [0.2, 0.25) is 11.8 Å². The molecule has 0 atom stereocenters. The highest BCUT2D eigenvalue weighted by molar-refractivity contribution is 5.26. The van der Waals surface area contributed by atoms with Crippen LogP contribution in [0.3, 0.4) is 0 Å². The second kappa shape index (κ2) is 11.1. The Hall–Kier alpha value is -3.36. The summed E-state index contributed by atoms with van der Waals surface area (Å²) in [5, 5.41) is 0. The fourth-order valence-electron chi connectivity index (χ4n) is 3.91. The van der Waals surface area contributed by atoms with Crippen molar-refractivity contribution >= 4 is 0 Å². The van der Waals surface area contributed by atoms with E-state index in [1.165, 1.54) is 0 Å². The first-order valence-corrected chi connectivity index (χ1v) is 12.2. The van der Waals surface area contributed by atoms with Crippen LogP contribution >= 0.6 is 0 Å². The summed E-state index contributed by atoms with van der Waals surface area (Å²) >= 11 is 0. The normalized spacial score (nSPS) is 12.3. The molecule has 3 heterocycles. The van der Waals surface area contributed by atoms with Gasteiger partial charge in [0.25, 0.3) is 0 Å². The average molecular weight is 495 g/mol. The van der Waals surface area contributed by atoms with Crippen LogP contribution in [0.25, 0.3) is 0 Å². The van der Waals surface area contributed by atoms with Crippen molar-refractivity contribution in [1.29, 1.82) is 0 Å². The van der Waals surface area contributed by atoms with Crippen molar-refractivity contribution in [2.45, 2.75) is 77.0 Å². The zero-order chi connectivity index (χ0) is 26.4. The van der Waals surface area contributed by atoms with Crippen LogP contribution in [0.2, 0.25) is 0 Å². The van der Waals surface area contributed by atoms with Crippen LogP contribution < -0.4 is 14.2 Å². The fraction of sp³-hybridized carbons (Fsp3) is 0.556. The number of rotatable bonds is 12. The molecule has 0 aliphatic rings. The summed E-state index contributed by atoms with van der Waals surface area (Å²) in [6, 6.07) is 2.27. The maximum absolute atomic E-state index is 5.86. The molecule has 194 valence electrons. The van der Waals surface area contributed by atoms with Crippen molar-refractivity contribution in [3.63, 3.8) is 0 Å². The predicted molar refractivity (Wildman–Crippen MR) is 138 cm³/mol. The summed E-state index contributed by atoms with van der Waals surface area (Å²) in [5.41, 5.74) is 2.32. The lowest BCUT2D eigenvalue weighted by Crippen LogP contribution is -2.25. The third-order valence-corrected chi connectivity index (χ3v) is 6.79. The maximum Gasteiger partial charge on any atom is 0.316 e. The Kier molecular flexibility index (Phi) is 8.43. The third-order valence-electron chi connectivity index (χ3n) is 6.79. The predicted octanol–water partition coefficient (Wildman–Crippen LogP) is 4.86. The minimum Gasteiger partial charge on any atom is -0.481 e. The number of ether oxygens (including phenoxy) is 3. The van der Waals surface area contributed by atoms with Crippen molar-refractivity contribution in [3.8, 4) is 17.8 Å². The fourth-order valence-corrected chi connectivity index (χ4v) is 3.91. The third kappa shape index (κ3) is 6.65. The van der Waals surface area contributed by atoms with Crippen LogP contribution in [-0.4, -0.2) is 50.7 Å². The number of hydrogen-bond donors (Lipinski definition) is 0. The molecule has 0 aliphatic carbocycles. The van der Waals surface area contributed by atoms with E-state index in [0.717, 1.165) is 29.8 Å². The van der Waals surface area contributed by atoms with Crippen LogP contribution in [0.4, 0.5) is 0 Å². The second-order valence-corrected chi connectivity index (χ2v) is 10.9. The molecular weight excluding hydrogens is 456 g/mol. The minimum absolute atomic E-state index is 0.114. The summed E-state index contributed by atoms with van der Waals surface area (Å²) in [7, 11) is 3.22. The molecule has 0 N–H and O–H groups in total. The van der Waals surface area contributed by atoms with Gasteiger partial charge in [-0.25, -0.2) is 24.9 Å². The Bertz CT molecular complexity index is 1130. The van der Waals surface area contributed by atoms with Crippen LogP contribution in [0.15, 0.2) is 37.2 Å². The van der Waals surface area contributed by atoms with E-state index in [1.807, 2.05) is 18.5 Å². The SMILES string of the molecule is COc1cc(C(C)(C)CCC(C)(C)c2cnc(OCCC(C)(C)c3nccnc3OC)nc2)ncn1. The molecule has 9 heteroatoms. The molecule has 0 aromatic carbocycles. The number of nitrogens with zero attached hydrogens (tertiary/aromatic N) is 6. The highest BCUT2D eigenvalue weighted by Crippen LogP contribution is 2.36. The van der Waals surface area contributed by atoms with Gasteiger partial charge in [-0.2, -0.15) is 0 Å². The number of methoxy groups -OCH3 is 2. The summed E-state index contributed by atoms with van der Waals surface area (Å²) in [5.74, 6) is 1.11. The Morgan fingerprint density at radius 2 is 1.36 bits per heavy atom. The van der Waals surface area contributed by atoms with E-state index in [2.05, 4.69) is 71.4 Å². The number of aromatic nitrogens is 6. The Morgan fingerprint density at radius 3 is 2.03 bits per heavy atom. The van der Waals surface area contributed by atoms with Crippen LogP contribution in [-0.2, 0) is 16.2 Å². The van der Waals surface area contributed by atoms with Gasteiger partial charge in [-0.15, -0.1) is 0 Å². The monoisotopic (exact) mass is 494 g/mol. The van der Waals surface area contributed by atoms with Gasteiger partial charge in [-0.3, -0.25) is 4.98 Å². The first-order valence-electron chi connectivity index (χ1n) is 12.2. The van der Waals surface area contributed by atoms with Crippen LogP contribution in [0.1, 0.15) is 77.8 Å². The van der Waals surface area contributed by atoms with Crippen LogP contribution in [0.5, 0.6) is 17.8 Å². The van der Waals surface area contributed by atoms with Crippen molar-refractivity contribution in [2.24, 2.45) is 0 Å². The van der Waals surface area contributed by atoms with E-state index < -0.39 is 0 Å². The van der Waals surface area contributed by atoms with Gasteiger partial charge in [0.1, 0.15) is 12.0 Å². The lowest BCUT2D eigenvalue weighted by Gasteiger charge is -2.31. The lowest BCUT2D eigenvalue weighted by atomic mass is 9.75. The molecule has 3 aromatic rings. The molecule has 36 heavy (non-hydrogen) atoms. The van der Waals surface area contributed by atoms with Crippen molar-refractivity contribution < 1.29 is 14.2 Å². The summed E-state index contributed by atoms with van der Waals surface area (Å²) in [4.78, 5) is 26.3. The first-order chi connectivity index (χ1) is 17.0. The summed E-state index contributed by atoms with van der Waals surface area (Å²) in [6.45, 7) is 13.4. The molecule has 3 rings (SSSR count). The van der Waals surface area contributed by atoms with Crippen molar-refractivity contribution in [2.75, 3.05) is 20.8 Å². The van der Waals surface area contributed by atoms with E-state index >= 15 is 0 Å². The first kappa shape index (κ1) is 27.2. The molecule has 0 bridgehead atoms. The molecule has 0 radical (unpaired) electrons. The van der Waals surface area contributed by atoms with Gasteiger partial charge < -0.3 is 14.2 Å². The van der Waals surface area contributed by atoms with Gasteiger partial charge in [-0.1, -0.05) is 41.5 Å². The average Bonchev–Trinajstić information content (AvgIpc) is 2.88. The molecule has 0 saturated carbocycles. The molecule has 0 unspecified atom stereocenters. The van der Waals surface area contributed by atoms with E-state index in [9.17, 15) is 0 Å². The standard InChI is InChI=1S/C27H38N6O3/c1-25(2,9-10-26(3,4)20-15-21(34-7)33-18-32-20)19-16-30-24(31-17-19)36-14-11-27(5,6)22-23(35-8)29-13-12-28-22/h12-13,15-18H,9-11,14H2,1-8H3. The molecular formula is C27H38N6O3. The van der Waals surface area contributed by atoms with Gasteiger partial charge in [0.05, 0.1) is 26.5 Å². The van der Waals surface area contributed by atoms with E-state index in [-0.39, 0.29) is 16.2 Å². The molecule has 3 aromatic heterocycles. The molecule has 9 nitrogen and oxygen atoms in total. The maximum atomic E-state index is 5.86. The van der Waals surface area contributed by atoms with Crippen LogP contribution in [0, 0.1) is 0 Å². The lowest BCUT2D eigenvalue weighted by molar-refractivity contribution is 0.248. The Balaban J connectivity index is 1.58. The minimum atomic E-state index is -0.276. The van der Waals surface area contributed by atoms with Crippen molar-refractivity contribution in [1.82, 2.24) is 29.9 Å². The second-order valence-electron chi connectivity index (χ2n) is 10.9.